The third-order valence-corrected chi connectivity index (χ3v) is 2.09. The second-order valence-electron chi connectivity index (χ2n) is 4.20. The molecule has 0 atom stereocenters. The third-order valence-electron chi connectivity index (χ3n) is 2.09. The van der Waals surface area contributed by atoms with Crippen LogP contribution in [0.2, 0.25) is 0 Å². The molecule has 0 amide bonds. The Kier molecular flexibility index (Phi) is 2.79. The lowest BCUT2D eigenvalue weighted by Gasteiger charge is -2.20. The number of hydrogen-bond acceptors (Lipinski definition) is 3. The first kappa shape index (κ1) is 10.6. The molecule has 0 aliphatic carbocycles. The maximum absolute atomic E-state index is 10.7. The van der Waals surface area contributed by atoms with Gasteiger partial charge in [0.15, 0.2) is 6.29 Å². The Labute approximate surface area is 83.1 Å². The van der Waals surface area contributed by atoms with Gasteiger partial charge in [0.05, 0.1) is 0 Å². The summed E-state index contributed by atoms with van der Waals surface area (Å²) in [5.74, 6) is 0. The number of benzene rings is 1. The highest BCUT2D eigenvalue weighted by Gasteiger charge is 2.20. The molecule has 0 fully saturated rings. The fraction of sp³-hybridized carbons (Fsp3) is 0.364. The molecule has 0 spiro atoms. The van der Waals surface area contributed by atoms with Gasteiger partial charge in [0.25, 0.3) is 0 Å². The van der Waals surface area contributed by atoms with Gasteiger partial charge in [-0.3, -0.25) is 4.79 Å². The first-order valence-electron chi connectivity index (χ1n) is 4.42. The number of nitrogens with zero attached hydrogens (tertiary/aromatic N) is 1. The summed E-state index contributed by atoms with van der Waals surface area (Å²) in [6.45, 7) is 5.93. The highest BCUT2D eigenvalue weighted by molar-refractivity contribution is 5.84. The minimum Gasteiger partial charge on any atom is -0.298 e. The lowest BCUT2D eigenvalue weighted by molar-refractivity contribution is 0.112. The molecule has 0 bridgehead atoms. The second-order valence-corrected chi connectivity index (χ2v) is 4.20. The van der Waals surface area contributed by atoms with Gasteiger partial charge in [-0.15, -0.1) is 4.91 Å². The highest BCUT2D eigenvalue weighted by atomic mass is 16.3. The van der Waals surface area contributed by atoms with E-state index in [4.69, 9.17) is 0 Å². The van der Waals surface area contributed by atoms with Crippen molar-refractivity contribution in [3.63, 3.8) is 0 Å². The Bertz CT molecular complexity index is 364. The standard InChI is InChI=1S/C11H13NO2/c1-11(2,3)9-6-4-5-8(7-13)10(9)12-14/h4-7H,1-3H3. The van der Waals surface area contributed by atoms with E-state index in [0.29, 0.717) is 11.8 Å². The Morgan fingerprint density at radius 3 is 2.36 bits per heavy atom. The van der Waals surface area contributed by atoms with Crippen LogP contribution < -0.4 is 0 Å². The minimum atomic E-state index is -0.178. The number of rotatable bonds is 2. The van der Waals surface area contributed by atoms with E-state index in [0.717, 1.165) is 5.56 Å². The highest BCUT2D eigenvalue weighted by Crippen LogP contribution is 2.33. The van der Waals surface area contributed by atoms with E-state index in [1.165, 1.54) is 0 Å². The van der Waals surface area contributed by atoms with E-state index in [1.54, 1.807) is 12.1 Å². The van der Waals surface area contributed by atoms with Gasteiger partial charge in [-0.25, -0.2) is 0 Å². The molecule has 0 N–H and O–H groups in total. The molecule has 14 heavy (non-hydrogen) atoms. The Morgan fingerprint density at radius 2 is 1.93 bits per heavy atom. The predicted molar refractivity (Wildman–Crippen MR) is 56.0 cm³/mol. The van der Waals surface area contributed by atoms with Crippen molar-refractivity contribution < 1.29 is 4.79 Å². The average molecular weight is 191 g/mol. The molecule has 0 aliphatic rings. The number of hydrogen-bond donors (Lipinski definition) is 0. The van der Waals surface area contributed by atoms with E-state index in [2.05, 4.69) is 5.18 Å². The van der Waals surface area contributed by atoms with Gasteiger partial charge in [-0.2, -0.15) is 0 Å². The van der Waals surface area contributed by atoms with Crippen molar-refractivity contribution in [3.05, 3.63) is 34.2 Å². The summed E-state index contributed by atoms with van der Waals surface area (Å²) in [5.41, 5.74) is 1.24. The van der Waals surface area contributed by atoms with Gasteiger partial charge in [-0.05, 0) is 22.2 Å². The Hall–Kier alpha value is -1.51. The third kappa shape index (κ3) is 1.87. The maximum Gasteiger partial charge on any atom is 0.152 e. The van der Waals surface area contributed by atoms with E-state index >= 15 is 0 Å². The van der Waals surface area contributed by atoms with Crippen molar-refractivity contribution in [2.75, 3.05) is 0 Å². The fourth-order valence-electron chi connectivity index (χ4n) is 1.36. The van der Waals surface area contributed by atoms with Crippen molar-refractivity contribution in [2.45, 2.75) is 26.2 Å². The van der Waals surface area contributed by atoms with Gasteiger partial charge < -0.3 is 0 Å². The van der Waals surface area contributed by atoms with Gasteiger partial charge in [0, 0.05) is 5.56 Å². The molecule has 1 aromatic rings. The molecule has 0 unspecified atom stereocenters. The topological polar surface area (TPSA) is 46.5 Å². The van der Waals surface area contributed by atoms with Crippen LogP contribution in [-0.2, 0) is 5.41 Å². The fourth-order valence-corrected chi connectivity index (χ4v) is 1.36. The molecule has 0 saturated heterocycles. The number of carbonyl (C=O) groups is 1. The van der Waals surface area contributed by atoms with Crippen LogP contribution in [0, 0.1) is 4.91 Å². The van der Waals surface area contributed by atoms with Crippen molar-refractivity contribution in [1.29, 1.82) is 0 Å². The second kappa shape index (κ2) is 3.70. The largest absolute Gasteiger partial charge is 0.298 e. The van der Waals surface area contributed by atoms with Gasteiger partial charge in [0.2, 0.25) is 0 Å². The number of aldehydes is 1. The molecule has 1 aromatic carbocycles. The van der Waals surface area contributed by atoms with Crippen molar-refractivity contribution in [3.8, 4) is 0 Å². The molecular weight excluding hydrogens is 178 g/mol. The van der Waals surface area contributed by atoms with Crippen LogP contribution in [0.3, 0.4) is 0 Å². The SMILES string of the molecule is CC(C)(C)c1cccc(C=O)c1N=O. The molecule has 0 aliphatic heterocycles. The van der Waals surface area contributed by atoms with E-state index in [1.807, 2.05) is 26.8 Å². The molecule has 0 heterocycles. The van der Waals surface area contributed by atoms with Crippen molar-refractivity contribution >= 4 is 12.0 Å². The summed E-state index contributed by atoms with van der Waals surface area (Å²) >= 11 is 0. The molecule has 0 saturated carbocycles. The van der Waals surface area contributed by atoms with Gasteiger partial charge >= 0.3 is 0 Å². The quantitative estimate of drug-likeness (QED) is 0.532. The predicted octanol–water partition coefficient (Wildman–Crippen LogP) is 3.19. The average Bonchev–Trinajstić information content (AvgIpc) is 2.15. The molecule has 0 radical (unpaired) electrons. The van der Waals surface area contributed by atoms with E-state index in [9.17, 15) is 9.70 Å². The van der Waals surface area contributed by atoms with E-state index < -0.39 is 0 Å². The smallest absolute Gasteiger partial charge is 0.152 e. The molecular formula is C11H13NO2. The molecule has 74 valence electrons. The van der Waals surface area contributed by atoms with Gasteiger partial charge in [0.1, 0.15) is 5.69 Å². The first-order chi connectivity index (χ1) is 6.50. The van der Waals surface area contributed by atoms with Crippen molar-refractivity contribution in [1.82, 2.24) is 0 Å². The molecule has 1 rings (SSSR count). The Balaban J connectivity index is 3.44. The van der Waals surface area contributed by atoms with Crippen LogP contribution in [0.4, 0.5) is 5.69 Å². The lowest BCUT2D eigenvalue weighted by atomic mass is 9.85. The minimum absolute atomic E-state index is 0.178. The molecule has 3 nitrogen and oxygen atoms in total. The zero-order chi connectivity index (χ0) is 10.8. The van der Waals surface area contributed by atoms with Crippen LogP contribution in [0.15, 0.2) is 23.4 Å². The molecule has 0 aromatic heterocycles. The van der Waals surface area contributed by atoms with Crippen LogP contribution in [0.25, 0.3) is 0 Å². The summed E-state index contributed by atoms with van der Waals surface area (Å²) in [5, 5.41) is 2.93. The molecule has 3 heteroatoms. The zero-order valence-corrected chi connectivity index (χ0v) is 8.57. The summed E-state index contributed by atoms with van der Waals surface area (Å²) in [6.07, 6.45) is 0.659. The van der Waals surface area contributed by atoms with Crippen LogP contribution in [-0.4, -0.2) is 6.29 Å². The maximum atomic E-state index is 10.7. The normalized spacial score (nSPS) is 11.1. The Morgan fingerprint density at radius 1 is 1.29 bits per heavy atom. The van der Waals surface area contributed by atoms with Crippen LogP contribution in [0.5, 0.6) is 0 Å². The number of nitroso groups, excluding NO2 is 1. The first-order valence-corrected chi connectivity index (χ1v) is 4.42. The summed E-state index contributed by atoms with van der Waals surface area (Å²) in [6, 6.07) is 5.18. The lowest BCUT2D eigenvalue weighted by Crippen LogP contribution is -2.11. The monoisotopic (exact) mass is 191 g/mol. The number of carbonyl (C=O) groups excluding carboxylic acids is 1. The van der Waals surface area contributed by atoms with E-state index in [-0.39, 0.29) is 11.1 Å². The van der Waals surface area contributed by atoms with Crippen molar-refractivity contribution in [2.24, 2.45) is 5.18 Å². The van der Waals surface area contributed by atoms with Crippen LogP contribution in [0.1, 0.15) is 36.7 Å². The summed E-state index contributed by atoms with van der Waals surface area (Å²) < 4.78 is 0. The van der Waals surface area contributed by atoms with Crippen LogP contribution >= 0.6 is 0 Å². The summed E-state index contributed by atoms with van der Waals surface area (Å²) in [7, 11) is 0. The van der Waals surface area contributed by atoms with Gasteiger partial charge in [-0.1, -0.05) is 32.9 Å². The zero-order valence-electron chi connectivity index (χ0n) is 8.57. The summed E-state index contributed by atoms with van der Waals surface area (Å²) in [4.78, 5) is 21.3.